The van der Waals surface area contributed by atoms with Crippen LogP contribution in [0, 0.1) is 23.2 Å². The number of hydrogen-bond donors (Lipinski definition) is 1. The Bertz CT molecular complexity index is 1080. The van der Waals surface area contributed by atoms with Crippen LogP contribution >= 0.6 is 0 Å². The van der Waals surface area contributed by atoms with Gasteiger partial charge in [0.05, 0.1) is 5.92 Å². The first kappa shape index (κ1) is 23.9. The van der Waals surface area contributed by atoms with Crippen molar-refractivity contribution in [3.05, 3.63) is 83.9 Å². The molecule has 4 nitrogen and oxygen atoms in total. The predicted molar refractivity (Wildman–Crippen MR) is 141 cm³/mol. The molecule has 2 aromatic carbocycles. The fourth-order valence-corrected chi connectivity index (χ4v) is 8.17. The molecule has 2 heterocycles. The highest BCUT2D eigenvalue weighted by Gasteiger charge is 2.56. The molecule has 4 fully saturated rings. The van der Waals surface area contributed by atoms with Gasteiger partial charge in [0.25, 0.3) is 0 Å². The van der Waals surface area contributed by atoms with Crippen molar-refractivity contribution in [2.45, 2.75) is 69.6 Å². The Kier molecular flexibility index (Phi) is 6.08. The van der Waals surface area contributed by atoms with Crippen molar-refractivity contribution in [3.8, 4) is 0 Å². The van der Waals surface area contributed by atoms with Crippen LogP contribution in [0.5, 0.6) is 0 Å². The summed E-state index contributed by atoms with van der Waals surface area (Å²) in [5.74, 6) is 0.565. The summed E-state index contributed by atoms with van der Waals surface area (Å²) in [6.45, 7) is 8.38. The molecule has 2 aliphatic carbocycles. The lowest BCUT2D eigenvalue weighted by molar-refractivity contribution is -0.146. The molecule has 1 N–H and O–H groups in total. The number of aliphatic hydroxyl groups is 1. The number of hydrogen-bond acceptors (Lipinski definition) is 4. The predicted octanol–water partition coefficient (Wildman–Crippen LogP) is 5.70. The second kappa shape index (κ2) is 9.15. The van der Waals surface area contributed by atoms with Crippen molar-refractivity contribution in [1.82, 2.24) is 4.90 Å². The Morgan fingerprint density at radius 3 is 2.42 bits per heavy atom. The van der Waals surface area contributed by atoms with E-state index in [1.165, 1.54) is 18.4 Å². The van der Waals surface area contributed by atoms with E-state index >= 15 is 0 Å². The lowest BCUT2D eigenvalue weighted by Gasteiger charge is -2.50. The molecule has 0 amide bonds. The van der Waals surface area contributed by atoms with E-state index in [0.29, 0.717) is 12.5 Å². The van der Waals surface area contributed by atoms with Crippen molar-refractivity contribution in [2.75, 3.05) is 13.1 Å². The molecular weight excluding hydrogens is 446 g/mol. The Hall–Kier alpha value is -2.43. The lowest BCUT2D eigenvalue weighted by atomic mass is 9.55. The van der Waals surface area contributed by atoms with Crippen LogP contribution in [-0.4, -0.2) is 41.2 Å². The van der Waals surface area contributed by atoms with E-state index in [1.807, 2.05) is 60.7 Å². The number of allylic oxidation sites excluding steroid dienone is 1. The van der Waals surface area contributed by atoms with Gasteiger partial charge in [0.1, 0.15) is 11.7 Å². The van der Waals surface area contributed by atoms with Gasteiger partial charge < -0.3 is 9.84 Å². The lowest BCUT2D eigenvalue weighted by Crippen LogP contribution is -2.51. The first-order valence-corrected chi connectivity index (χ1v) is 13.9. The molecule has 2 saturated heterocycles. The molecule has 0 aromatic heterocycles. The highest BCUT2D eigenvalue weighted by molar-refractivity contribution is 5.75. The van der Waals surface area contributed by atoms with Crippen LogP contribution in [0.4, 0.5) is 0 Å². The number of likely N-dealkylation sites (tertiary alicyclic amines) is 1. The highest BCUT2D eigenvalue weighted by Crippen LogP contribution is 2.57. The quantitative estimate of drug-likeness (QED) is 0.436. The van der Waals surface area contributed by atoms with Gasteiger partial charge in [-0.3, -0.25) is 9.69 Å². The van der Waals surface area contributed by atoms with Crippen LogP contribution in [0.1, 0.15) is 63.0 Å². The zero-order valence-electron chi connectivity index (χ0n) is 21.4. The van der Waals surface area contributed by atoms with Gasteiger partial charge in [-0.05, 0) is 74.0 Å². The van der Waals surface area contributed by atoms with Crippen LogP contribution in [0.15, 0.2) is 72.8 Å². The third-order valence-electron chi connectivity index (χ3n) is 10.0. The third-order valence-corrected chi connectivity index (χ3v) is 10.0. The number of carbonyl (C=O) groups is 1. The van der Waals surface area contributed by atoms with Gasteiger partial charge in [-0.25, -0.2) is 0 Å². The monoisotopic (exact) mass is 485 g/mol. The molecule has 6 rings (SSSR count). The average molecular weight is 486 g/mol. The summed E-state index contributed by atoms with van der Waals surface area (Å²) in [4.78, 5) is 15.7. The summed E-state index contributed by atoms with van der Waals surface area (Å²) in [5.41, 5.74) is 2.27. The van der Waals surface area contributed by atoms with Gasteiger partial charge in [-0.1, -0.05) is 79.7 Å². The Morgan fingerprint density at radius 2 is 1.75 bits per heavy atom. The van der Waals surface area contributed by atoms with Crippen LogP contribution in [0.25, 0.3) is 0 Å². The molecule has 0 spiro atoms. The van der Waals surface area contributed by atoms with Crippen LogP contribution in [-0.2, 0) is 15.1 Å². The van der Waals surface area contributed by atoms with Crippen molar-refractivity contribution < 1.29 is 14.6 Å². The van der Waals surface area contributed by atoms with E-state index < -0.39 is 5.60 Å². The van der Waals surface area contributed by atoms with Crippen LogP contribution < -0.4 is 0 Å². The number of carbonyl (C=O) groups excluding carboxylic acids is 1. The maximum atomic E-state index is 13.3. The minimum Gasteiger partial charge on any atom is -0.462 e. The number of benzene rings is 2. The maximum absolute atomic E-state index is 13.3. The number of nitrogens with zero attached hydrogens (tertiary/aromatic N) is 1. The van der Waals surface area contributed by atoms with Crippen molar-refractivity contribution in [2.24, 2.45) is 23.2 Å². The second-order valence-electron chi connectivity index (χ2n) is 12.1. The number of ether oxygens (including phenoxy) is 1. The maximum Gasteiger partial charge on any atom is 0.310 e. The molecule has 4 heteroatoms. The van der Waals surface area contributed by atoms with Crippen molar-refractivity contribution in [1.29, 1.82) is 0 Å². The van der Waals surface area contributed by atoms with Crippen molar-refractivity contribution in [3.63, 3.8) is 0 Å². The zero-order chi connectivity index (χ0) is 24.9. The van der Waals surface area contributed by atoms with Crippen LogP contribution in [0.3, 0.4) is 0 Å². The molecule has 0 unspecified atom stereocenters. The van der Waals surface area contributed by atoms with Gasteiger partial charge in [0.15, 0.2) is 0 Å². The Balaban J connectivity index is 1.29. The molecule has 0 bridgehead atoms. The average Bonchev–Trinajstić information content (AvgIpc) is 3.47. The molecule has 6 atom stereocenters. The summed E-state index contributed by atoms with van der Waals surface area (Å²) in [5, 5.41) is 12.4. The number of esters is 1. The first-order chi connectivity index (χ1) is 17.4. The number of rotatable bonds is 5. The minimum absolute atomic E-state index is 0.0258. The summed E-state index contributed by atoms with van der Waals surface area (Å²) >= 11 is 0. The van der Waals surface area contributed by atoms with E-state index in [2.05, 4.69) is 18.4 Å². The van der Waals surface area contributed by atoms with E-state index in [1.54, 1.807) is 0 Å². The molecular formula is C32H39NO3. The van der Waals surface area contributed by atoms with E-state index in [-0.39, 0.29) is 35.4 Å². The Morgan fingerprint density at radius 1 is 1.08 bits per heavy atom. The van der Waals surface area contributed by atoms with Gasteiger partial charge in [-0.2, -0.15) is 0 Å². The minimum atomic E-state index is -1.14. The molecule has 0 radical (unpaired) electrons. The normalized spacial score (nSPS) is 34.8. The standard InChI is InChI=1S/C32H39NO3/c1-22-11-9-17-31(2)20-28-25(19-27(22)31)26(30(34)36-28)21-33-18-10-16-29(33)32(35,23-12-5-3-6-13-23)24-14-7-4-8-15-24/h3-8,12-15,25-29,35H,1,9-11,16-21H2,2H3/t25-,26+,27-,28-,29-,31-/m1/s1. The van der Waals surface area contributed by atoms with Crippen LogP contribution in [0.2, 0.25) is 0 Å². The SMILES string of the molecule is C=C1CCC[C@]2(C)C[C@H]3OC(=O)[C@@H](CN4CCC[C@@H]4C(O)(c4ccccc4)c4ccccc4)[C@H]3C[C@H]12. The van der Waals surface area contributed by atoms with Gasteiger partial charge in [-0.15, -0.1) is 0 Å². The fourth-order valence-electron chi connectivity index (χ4n) is 8.17. The van der Waals surface area contributed by atoms with Gasteiger partial charge >= 0.3 is 5.97 Å². The topological polar surface area (TPSA) is 49.8 Å². The highest BCUT2D eigenvalue weighted by atomic mass is 16.6. The van der Waals surface area contributed by atoms with Crippen molar-refractivity contribution >= 4 is 5.97 Å². The molecule has 190 valence electrons. The molecule has 4 aliphatic rings. The second-order valence-corrected chi connectivity index (χ2v) is 12.1. The summed E-state index contributed by atoms with van der Waals surface area (Å²) in [6.07, 6.45) is 7.44. The van der Waals surface area contributed by atoms with E-state index in [9.17, 15) is 9.90 Å². The van der Waals surface area contributed by atoms with E-state index in [0.717, 1.165) is 49.8 Å². The zero-order valence-corrected chi connectivity index (χ0v) is 21.4. The summed E-state index contributed by atoms with van der Waals surface area (Å²) in [7, 11) is 0. The Labute approximate surface area is 215 Å². The fraction of sp³-hybridized carbons (Fsp3) is 0.531. The van der Waals surface area contributed by atoms with Gasteiger partial charge in [0.2, 0.25) is 0 Å². The molecule has 36 heavy (non-hydrogen) atoms. The summed E-state index contributed by atoms with van der Waals surface area (Å²) in [6, 6.07) is 20.0. The number of fused-ring (bicyclic) bond motifs is 2. The molecule has 2 saturated carbocycles. The van der Waals surface area contributed by atoms with E-state index in [4.69, 9.17) is 4.74 Å². The third kappa shape index (κ3) is 3.85. The molecule has 2 aliphatic heterocycles. The smallest absolute Gasteiger partial charge is 0.310 e. The molecule has 2 aromatic rings. The first-order valence-electron chi connectivity index (χ1n) is 13.9. The largest absolute Gasteiger partial charge is 0.462 e. The summed E-state index contributed by atoms with van der Waals surface area (Å²) < 4.78 is 6.07. The van der Waals surface area contributed by atoms with Gasteiger partial charge in [0, 0.05) is 18.5 Å².